The van der Waals surface area contributed by atoms with Gasteiger partial charge >= 0.3 is 0 Å². The third-order valence-corrected chi connectivity index (χ3v) is 6.32. The van der Waals surface area contributed by atoms with E-state index in [0.29, 0.717) is 11.7 Å². The highest BCUT2D eigenvalue weighted by molar-refractivity contribution is 5.94. The molecule has 1 aromatic heterocycles. The van der Waals surface area contributed by atoms with Crippen LogP contribution >= 0.6 is 0 Å². The van der Waals surface area contributed by atoms with Crippen LogP contribution in [-0.4, -0.2) is 33.4 Å². The van der Waals surface area contributed by atoms with Gasteiger partial charge in [0, 0.05) is 25.2 Å². The highest BCUT2D eigenvalue weighted by Crippen LogP contribution is 2.29. The van der Waals surface area contributed by atoms with Crippen molar-refractivity contribution in [2.75, 3.05) is 7.05 Å². The molecule has 0 atom stereocenters. The van der Waals surface area contributed by atoms with E-state index in [4.69, 9.17) is 4.98 Å². The number of hydrogen-bond donors (Lipinski definition) is 0. The van der Waals surface area contributed by atoms with Crippen LogP contribution < -0.4 is 0 Å². The molecule has 2 heterocycles. The van der Waals surface area contributed by atoms with E-state index in [1.54, 1.807) is 0 Å². The number of hydrogen-bond acceptors (Lipinski definition) is 2. The maximum Gasteiger partial charge on any atom is 0.274 e. The third-order valence-electron chi connectivity index (χ3n) is 6.32. The number of nitrogens with zero attached hydrogens (tertiary/aromatic N) is 3. The quantitative estimate of drug-likeness (QED) is 0.768. The fourth-order valence-corrected chi connectivity index (χ4v) is 4.62. The van der Waals surface area contributed by atoms with Crippen molar-refractivity contribution in [2.24, 2.45) is 0 Å². The molecule has 0 bridgehead atoms. The minimum atomic E-state index is 0.117. The zero-order valence-corrected chi connectivity index (χ0v) is 16.7. The van der Waals surface area contributed by atoms with Gasteiger partial charge in [-0.1, -0.05) is 55.5 Å². The lowest BCUT2D eigenvalue weighted by Crippen LogP contribution is -2.38. The van der Waals surface area contributed by atoms with Crippen LogP contribution in [0.2, 0.25) is 0 Å². The normalized spacial score (nSPS) is 18.0. The van der Waals surface area contributed by atoms with E-state index in [2.05, 4.69) is 35.8 Å². The Morgan fingerprint density at radius 3 is 2.48 bits per heavy atom. The smallest absolute Gasteiger partial charge is 0.274 e. The van der Waals surface area contributed by atoms with Gasteiger partial charge in [-0.3, -0.25) is 4.79 Å². The number of carbonyl (C=O) groups is 1. The highest BCUT2D eigenvalue weighted by atomic mass is 16.2. The maximum absolute atomic E-state index is 13.4. The Kier molecular flexibility index (Phi) is 5.33. The monoisotopic (exact) mass is 365 g/mol. The standard InChI is InChI=1S/C23H31N3O/c1-17-12-14-18(15-13-17)22-24-21(20-11-7-4-8-16-26(20)22)23(27)25(2)19-9-5-3-6-10-19/h12-15,19H,3-11,16H2,1-2H3. The summed E-state index contributed by atoms with van der Waals surface area (Å²) in [5, 5.41) is 0. The van der Waals surface area contributed by atoms with Gasteiger partial charge in [0.1, 0.15) is 11.5 Å². The van der Waals surface area contributed by atoms with Gasteiger partial charge in [0.05, 0.1) is 5.69 Å². The Bertz CT molecular complexity index is 800. The van der Waals surface area contributed by atoms with E-state index < -0.39 is 0 Å². The van der Waals surface area contributed by atoms with E-state index >= 15 is 0 Å². The number of carbonyl (C=O) groups excluding carboxylic acids is 1. The van der Waals surface area contributed by atoms with Crippen LogP contribution in [0.1, 0.15) is 73.1 Å². The van der Waals surface area contributed by atoms with Gasteiger partial charge < -0.3 is 9.47 Å². The van der Waals surface area contributed by atoms with E-state index in [1.807, 2.05) is 11.9 Å². The minimum absolute atomic E-state index is 0.117. The van der Waals surface area contributed by atoms with Crippen molar-refractivity contribution in [2.45, 2.75) is 77.3 Å². The van der Waals surface area contributed by atoms with Crippen LogP contribution in [0.25, 0.3) is 11.4 Å². The largest absolute Gasteiger partial charge is 0.337 e. The third kappa shape index (κ3) is 3.67. The lowest BCUT2D eigenvalue weighted by Gasteiger charge is -2.31. The molecule has 1 aliphatic carbocycles. The molecular weight excluding hydrogens is 334 g/mol. The Hall–Kier alpha value is -2.10. The molecule has 4 rings (SSSR count). The van der Waals surface area contributed by atoms with Crippen molar-refractivity contribution in [1.29, 1.82) is 0 Å². The molecule has 0 unspecified atom stereocenters. The highest BCUT2D eigenvalue weighted by Gasteiger charge is 2.29. The van der Waals surface area contributed by atoms with E-state index in [-0.39, 0.29) is 5.91 Å². The summed E-state index contributed by atoms with van der Waals surface area (Å²) in [6.07, 6.45) is 10.5. The predicted octanol–water partition coefficient (Wildman–Crippen LogP) is 4.99. The molecule has 4 nitrogen and oxygen atoms in total. The second kappa shape index (κ2) is 7.87. The van der Waals surface area contributed by atoms with E-state index in [1.165, 1.54) is 31.2 Å². The van der Waals surface area contributed by atoms with Crippen molar-refractivity contribution in [3.8, 4) is 11.4 Å². The molecule has 0 spiro atoms. The van der Waals surface area contributed by atoms with Gasteiger partial charge in [-0.15, -0.1) is 0 Å². The Morgan fingerprint density at radius 1 is 1.04 bits per heavy atom. The molecule has 2 aliphatic rings. The number of aromatic nitrogens is 2. The summed E-state index contributed by atoms with van der Waals surface area (Å²) in [6.45, 7) is 3.07. The van der Waals surface area contributed by atoms with E-state index in [0.717, 1.165) is 55.7 Å². The van der Waals surface area contributed by atoms with Crippen molar-refractivity contribution in [3.05, 3.63) is 41.2 Å². The lowest BCUT2D eigenvalue weighted by atomic mass is 9.94. The molecule has 0 N–H and O–H groups in total. The average molecular weight is 366 g/mol. The Balaban J connectivity index is 1.71. The zero-order valence-electron chi connectivity index (χ0n) is 16.7. The van der Waals surface area contributed by atoms with Crippen molar-refractivity contribution in [3.63, 3.8) is 0 Å². The lowest BCUT2D eigenvalue weighted by molar-refractivity contribution is 0.0689. The van der Waals surface area contributed by atoms with Crippen LogP contribution in [0.3, 0.4) is 0 Å². The second-order valence-corrected chi connectivity index (χ2v) is 8.27. The molecule has 0 saturated heterocycles. The first-order chi connectivity index (χ1) is 13.1. The molecule has 144 valence electrons. The van der Waals surface area contributed by atoms with Crippen LogP contribution in [0.4, 0.5) is 0 Å². The van der Waals surface area contributed by atoms with Gasteiger partial charge in [-0.2, -0.15) is 0 Å². The summed E-state index contributed by atoms with van der Waals surface area (Å²) in [5.41, 5.74) is 4.20. The molecule has 0 radical (unpaired) electrons. The second-order valence-electron chi connectivity index (χ2n) is 8.27. The van der Waals surface area contributed by atoms with Gasteiger partial charge in [0.2, 0.25) is 0 Å². The molecule has 1 fully saturated rings. The summed E-state index contributed by atoms with van der Waals surface area (Å²) in [7, 11) is 1.98. The summed E-state index contributed by atoms with van der Waals surface area (Å²) < 4.78 is 2.32. The van der Waals surface area contributed by atoms with E-state index in [9.17, 15) is 4.79 Å². The number of amides is 1. The number of benzene rings is 1. The fourth-order valence-electron chi connectivity index (χ4n) is 4.62. The van der Waals surface area contributed by atoms with Crippen LogP contribution in [0.15, 0.2) is 24.3 Å². The van der Waals surface area contributed by atoms with Gasteiger partial charge in [0.25, 0.3) is 5.91 Å². The average Bonchev–Trinajstić information content (AvgIpc) is 2.89. The molecule has 27 heavy (non-hydrogen) atoms. The van der Waals surface area contributed by atoms with Crippen molar-refractivity contribution in [1.82, 2.24) is 14.5 Å². The first-order valence-electron chi connectivity index (χ1n) is 10.6. The number of fused-ring (bicyclic) bond motifs is 1. The zero-order chi connectivity index (χ0) is 18.8. The summed E-state index contributed by atoms with van der Waals surface area (Å²) in [6, 6.07) is 8.90. The minimum Gasteiger partial charge on any atom is -0.337 e. The summed E-state index contributed by atoms with van der Waals surface area (Å²) in [4.78, 5) is 20.3. The predicted molar refractivity (Wildman–Crippen MR) is 109 cm³/mol. The van der Waals surface area contributed by atoms with Crippen molar-refractivity contribution < 1.29 is 4.79 Å². The Labute approximate surface area is 162 Å². The van der Waals surface area contributed by atoms with Crippen LogP contribution in [0.5, 0.6) is 0 Å². The van der Waals surface area contributed by atoms with Crippen LogP contribution in [0, 0.1) is 6.92 Å². The molecule has 1 aromatic carbocycles. The van der Waals surface area contributed by atoms with Gasteiger partial charge in [-0.05, 0) is 39.0 Å². The molecule has 2 aromatic rings. The molecule has 1 saturated carbocycles. The molecule has 4 heteroatoms. The Morgan fingerprint density at radius 2 is 1.74 bits per heavy atom. The van der Waals surface area contributed by atoms with Gasteiger partial charge in [-0.25, -0.2) is 4.98 Å². The van der Waals surface area contributed by atoms with Crippen molar-refractivity contribution >= 4 is 5.91 Å². The van der Waals surface area contributed by atoms with Crippen LogP contribution in [-0.2, 0) is 13.0 Å². The SMILES string of the molecule is Cc1ccc(-c2nc(C(=O)N(C)C3CCCCC3)c3n2CCCCC3)cc1. The summed E-state index contributed by atoms with van der Waals surface area (Å²) >= 11 is 0. The topological polar surface area (TPSA) is 38.1 Å². The fraction of sp³-hybridized carbons (Fsp3) is 0.565. The number of imidazole rings is 1. The number of rotatable bonds is 3. The maximum atomic E-state index is 13.4. The first-order valence-corrected chi connectivity index (χ1v) is 10.6. The molecular formula is C23H31N3O. The molecule has 1 amide bonds. The first kappa shape index (κ1) is 18.3. The summed E-state index contributed by atoms with van der Waals surface area (Å²) in [5.74, 6) is 1.08. The van der Waals surface area contributed by atoms with Gasteiger partial charge in [0.15, 0.2) is 0 Å². The number of aryl methyl sites for hydroxylation is 1. The molecule has 1 aliphatic heterocycles.